The van der Waals surface area contributed by atoms with Crippen molar-refractivity contribution in [3.05, 3.63) is 35.9 Å². The molecule has 3 atom stereocenters. The molecular formula is C16H23N. The lowest BCUT2D eigenvalue weighted by Gasteiger charge is -2.28. The molecule has 1 aromatic carbocycles. The molecule has 3 unspecified atom stereocenters. The standard InChI is InChI=1S/C16H23N/c1-16(2)10-6-9-15(16)17-14-11-13(14)12-7-4-3-5-8-12/h3-5,7-8,13-15,17H,6,9-11H2,1-2H3. The Kier molecular flexibility index (Phi) is 2.74. The van der Waals surface area contributed by atoms with E-state index >= 15 is 0 Å². The Balaban J connectivity index is 1.59. The third-order valence-corrected chi connectivity index (χ3v) is 4.69. The first-order valence-corrected chi connectivity index (χ1v) is 6.98. The van der Waals surface area contributed by atoms with Crippen LogP contribution >= 0.6 is 0 Å². The maximum Gasteiger partial charge on any atom is 0.0146 e. The van der Waals surface area contributed by atoms with Gasteiger partial charge in [-0.15, -0.1) is 0 Å². The Morgan fingerprint density at radius 2 is 1.94 bits per heavy atom. The molecule has 2 saturated carbocycles. The molecule has 2 fully saturated rings. The van der Waals surface area contributed by atoms with Crippen LogP contribution in [0.5, 0.6) is 0 Å². The van der Waals surface area contributed by atoms with Crippen LogP contribution < -0.4 is 5.32 Å². The van der Waals surface area contributed by atoms with Crippen molar-refractivity contribution in [2.45, 2.75) is 57.5 Å². The SMILES string of the molecule is CC1(C)CCCC1NC1CC1c1ccccc1. The maximum atomic E-state index is 3.89. The molecule has 0 heterocycles. The molecular weight excluding hydrogens is 206 g/mol. The molecule has 1 aromatic rings. The molecule has 0 aliphatic heterocycles. The third-order valence-electron chi connectivity index (χ3n) is 4.69. The number of rotatable bonds is 3. The van der Waals surface area contributed by atoms with Gasteiger partial charge in [-0.2, -0.15) is 0 Å². The van der Waals surface area contributed by atoms with E-state index < -0.39 is 0 Å². The van der Waals surface area contributed by atoms with E-state index in [1.807, 2.05) is 0 Å². The van der Waals surface area contributed by atoms with Crippen LogP contribution in [0.1, 0.15) is 51.0 Å². The highest BCUT2D eigenvalue weighted by Gasteiger charge is 2.43. The van der Waals surface area contributed by atoms with Crippen LogP contribution in [0, 0.1) is 5.41 Å². The van der Waals surface area contributed by atoms with Crippen molar-refractivity contribution in [3.8, 4) is 0 Å². The van der Waals surface area contributed by atoms with Crippen molar-refractivity contribution in [3.63, 3.8) is 0 Å². The van der Waals surface area contributed by atoms with Gasteiger partial charge in [-0.25, -0.2) is 0 Å². The first-order chi connectivity index (χ1) is 8.17. The van der Waals surface area contributed by atoms with Gasteiger partial charge >= 0.3 is 0 Å². The van der Waals surface area contributed by atoms with Crippen LogP contribution in [0.3, 0.4) is 0 Å². The fourth-order valence-corrected chi connectivity index (χ4v) is 3.34. The van der Waals surface area contributed by atoms with Gasteiger partial charge in [0.15, 0.2) is 0 Å². The maximum absolute atomic E-state index is 3.89. The molecule has 92 valence electrons. The minimum absolute atomic E-state index is 0.504. The molecule has 0 aromatic heterocycles. The average molecular weight is 229 g/mol. The van der Waals surface area contributed by atoms with Crippen LogP contribution in [-0.2, 0) is 0 Å². The molecule has 0 amide bonds. The molecule has 0 radical (unpaired) electrons. The Hall–Kier alpha value is -0.820. The van der Waals surface area contributed by atoms with E-state index in [2.05, 4.69) is 49.5 Å². The van der Waals surface area contributed by atoms with Crippen LogP contribution in [-0.4, -0.2) is 12.1 Å². The van der Waals surface area contributed by atoms with Crippen molar-refractivity contribution >= 4 is 0 Å². The van der Waals surface area contributed by atoms with E-state index in [1.165, 1.54) is 31.2 Å². The van der Waals surface area contributed by atoms with E-state index in [-0.39, 0.29) is 0 Å². The van der Waals surface area contributed by atoms with Crippen molar-refractivity contribution in [1.29, 1.82) is 0 Å². The van der Waals surface area contributed by atoms with Crippen molar-refractivity contribution in [2.24, 2.45) is 5.41 Å². The van der Waals surface area contributed by atoms with Gasteiger partial charge in [0.1, 0.15) is 0 Å². The molecule has 1 nitrogen and oxygen atoms in total. The van der Waals surface area contributed by atoms with Gasteiger partial charge in [-0.1, -0.05) is 50.6 Å². The van der Waals surface area contributed by atoms with Gasteiger partial charge < -0.3 is 5.32 Å². The summed E-state index contributed by atoms with van der Waals surface area (Å²) in [5, 5.41) is 3.89. The highest BCUT2D eigenvalue weighted by molar-refractivity contribution is 5.28. The number of hydrogen-bond acceptors (Lipinski definition) is 1. The summed E-state index contributed by atoms with van der Waals surface area (Å²) in [7, 11) is 0. The second kappa shape index (κ2) is 4.13. The topological polar surface area (TPSA) is 12.0 Å². The largest absolute Gasteiger partial charge is 0.310 e. The highest BCUT2D eigenvalue weighted by Crippen LogP contribution is 2.44. The number of nitrogens with one attached hydrogen (secondary N) is 1. The fourth-order valence-electron chi connectivity index (χ4n) is 3.34. The van der Waals surface area contributed by atoms with Gasteiger partial charge in [0, 0.05) is 18.0 Å². The molecule has 1 heteroatoms. The predicted octanol–water partition coefficient (Wildman–Crippen LogP) is 3.71. The summed E-state index contributed by atoms with van der Waals surface area (Å²) >= 11 is 0. The number of hydrogen-bond donors (Lipinski definition) is 1. The van der Waals surface area contributed by atoms with E-state index in [4.69, 9.17) is 0 Å². The van der Waals surface area contributed by atoms with Gasteiger partial charge in [0.2, 0.25) is 0 Å². The summed E-state index contributed by atoms with van der Waals surface area (Å²) in [4.78, 5) is 0. The smallest absolute Gasteiger partial charge is 0.0146 e. The minimum atomic E-state index is 0.504. The van der Waals surface area contributed by atoms with E-state index in [0.29, 0.717) is 5.41 Å². The zero-order chi connectivity index (χ0) is 11.9. The van der Waals surface area contributed by atoms with Crippen LogP contribution in [0.2, 0.25) is 0 Å². The summed E-state index contributed by atoms with van der Waals surface area (Å²) in [5.74, 6) is 0.771. The second-order valence-corrected chi connectivity index (χ2v) is 6.46. The average Bonchev–Trinajstić information content (AvgIpc) is 3.00. The zero-order valence-electron chi connectivity index (χ0n) is 10.9. The first kappa shape index (κ1) is 11.3. The molecule has 2 aliphatic carbocycles. The summed E-state index contributed by atoms with van der Waals surface area (Å²) in [5.41, 5.74) is 2.02. The summed E-state index contributed by atoms with van der Waals surface area (Å²) in [6.45, 7) is 4.83. The molecule has 0 saturated heterocycles. The van der Waals surface area contributed by atoms with Crippen LogP contribution in [0.15, 0.2) is 30.3 Å². The quantitative estimate of drug-likeness (QED) is 0.833. The van der Waals surface area contributed by atoms with Crippen LogP contribution in [0.25, 0.3) is 0 Å². The molecule has 1 N–H and O–H groups in total. The van der Waals surface area contributed by atoms with Crippen LogP contribution in [0.4, 0.5) is 0 Å². The zero-order valence-corrected chi connectivity index (χ0v) is 10.9. The van der Waals surface area contributed by atoms with Gasteiger partial charge in [0.05, 0.1) is 0 Å². The van der Waals surface area contributed by atoms with Gasteiger partial charge in [-0.3, -0.25) is 0 Å². The molecule has 2 aliphatic rings. The fraction of sp³-hybridized carbons (Fsp3) is 0.625. The first-order valence-electron chi connectivity index (χ1n) is 6.98. The highest BCUT2D eigenvalue weighted by atomic mass is 15.0. The Morgan fingerprint density at radius 1 is 1.18 bits per heavy atom. The molecule has 0 spiro atoms. The summed E-state index contributed by atoms with van der Waals surface area (Å²) < 4.78 is 0. The van der Waals surface area contributed by atoms with Gasteiger partial charge in [-0.05, 0) is 30.2 Å². The summed E-state index contributed by atoms with van der Waals surface area (Å²) in [6.07, 6.45) is 5.47. The predicted molar refractivity (Wildman–Crippen MR) is 72.1 cm³/mol. The molecule has 17 heavy (non-hydrogen) atoms. The lowest BCUT2D eigenvalue weighted by atomic mass is 9.87. The van der Waals surface area contributed by atoms with E-state index in [0.717, 1.165) is 18.0 Å². The van der Waals surface area contributed by atoms with Crippen molar-refractivity contribution in [1.82, 2.24) is 5.32 Å². The molecule has 3 rings (SSSR count). The Labute approximate surface area is 105 Å². The van der Waals surface area contributed by atoms with E-state index in [1.54, 1.807) is 0 Å². The van der Waals surface area contributed by atoms with E-state index in [9.17, 15) is 0 Å². The number of benzene rings is 1. The molecule has 0 bridgehead atoms. The Morgan fingerprint density at radius 3 is 2.59 bits per heavy atom. The lowest BCUT2D eigenvalue weighted by molar-refractivity contribution is 0.281. The summed E-state index contributed by atoms with van der Waals surface area (Å²) in [6, 6.07) is 12.4. The van der Waals surface area contributed by atoms with Crippen molar-refractivity contribution in [2.75, 3.05) is 0 Å². The third kappa shape index (κ3) is 2.26. The normalized spacial score (nSPS) is 34.8. The van der Waals surface area contributed by atoms with Crippen molar-refractivity contribution < 1.29 is 0 Å². The Bertz CT molecular complexity index is 382. The lowest BCUT2D eigenvalue weighted by Crippen LogP contribution is -2.39. The minimum Gasteiger partial charge on any atom is -0.310 e. The monoisotopic (exact) mass is 229 g/mol. The van der Waals surface area contributed by atoms with Gasteiger partial charge in [0.25, 0.3) is 0 Å². The second-order valence-electron chi connectivity index (χ2n) is 6.46.